The number of benzene rings is 1. The highest BCUT2D eigenvalue weighted by Gasteiger charge is 2.32. The van der Waals surface area contributed by atoms with Gasteiger partial charge in [-0.05, 0) is 38.0 Å². The van der Waals surface area contributed by atoms with E-state index in [2.05, 4.69) is 10.2 Å². The van der Waals surface area contributed by atoms with Gasteiger partial charge >= 0.3 is 0 Å². The van der Waals surface area contributed by atoms with Gasteiger partial charge in [-0.15, -0.1) is 0 Å². The monoisotopic (exact) mass is 427 g/mol. The summed E-state index contributed by atoms with van der Waals surface area (Å²) < 4.78 is 27.1. The van der Waals surface area contributed by atoms with Crippen LogP contribution in [0.3, 0.4) is 0 Å². The average Bonchev–Trinajstić information content (AvgIpc) is 2.96. The summed E-state index contributed by atoms with van der Waals surface area (Å²) in [4.78, 5) is 14.9. The van der Waals surface area contributed by atoms with Gasteiger partial charge < -0.3 is 5.32 Å². The number of nitrogens with zero attached hydrogens (tertiary/aromatic N) is 2. The smallest absolute Gasteiger partial charge is 0.243 e. The fourth-order valence-electron chi connectivity index (χ4n) is 4.02. The third-order valence-corrected chi connectivity index (χ3v) is 7.97. The summed E-state index contributed by atoms with van der Waals surface area (Å²) in [6.45, 7) is 3.73. The minimum atomic E-state index is -3.56. The summed E-state index contributed by atoms with van der Waals surface area (Å²) in [5.41, 5.74) is 0. The van der Waals surface area contributed by atoms with Crippen LogP contribution in [0.1, 0.15) is 45.4 Å². The highest BCUT2D eigenvalue weighted by atomic mass is 35.5. The molecule has 1 aromatic carbocycles. The van der Waals surface area contributed by atoms with Crippen molar-refractivity contribution in [2.45, 2.75) is 62.4 Å². The molecule has 1 saturated carbocycles. The number of carbonyl (C=O) groups is 1. The van der Waals surface area contributed by atoms with Crippen LogP contribution in [0.15, 0.2) is 29.2 Å². The Balaban J connectivity index is 1.54. The first-order valence-corrected chi connectivity index (χ1v) is 12.0. The average molecular weight is 428 g/mol. The van der Waals surface area contributed by atoms with Crippen LogP contribution in [0.2, 0.25) is 5.02 Å². The van der Waals surface area contributed by atoms with Crippen molar-refractivity contribution in [2.75, 3.05) is 26.2 Å². The molecule has 0 bridgehead atoms. The van der Waals surface area contributed by atoms with Gasteiger partial charge in [0.15, 0.2) is 0 Å². The molecule has 3 rings (SSSR count). The molecule has 1 heterocycles. The Morgan fingerprint density at radius 3 is 2.36 bits per heavy atom. The second-order valence-corrected chi connectivity index (χ2v) is 10.1. The number of rotatable bonds is 5. The molecule has 0 radical (unpaired) electrons. The molecule has 2 aliphatic rings. The van der Waals surface area contributed by atoms with Crippen molar-refractivity contribution in [3.8, 4) is 0 Å². The summed E-state index contributed by atoms with van der Waals surface area (Å²) in [6, 6.07) is 6.38. The Kier molecular flexibility index (Phi) is 7.36. The molecule has 2 fully saturated rings. The second-order valence-electron chi connectivity index (χ2n) is 7.77. The number of amides is 1. The highest BCUT2D eigenvalue weighted by molar-refractivity contribution is 7.89. The minimum absolute atomic E-state index is 0.0537. The lowest BCUT2D eigenvalue weighted by Crippen LogP contribution is -2.55. The van der Waals surface area contributed by atoms with Crippen molar-refractivity contribution < 1.29 is 13.2 Å². The van der Waals surface area contributed by atoms with Gasteiger partial charge in [0.25, 0.3) is 0 Å². The lowest BCUT2D eigenvalue weighted by Gasteiger charge is -2.37. The normalized spacial score (nSPS) is 21.8. The molecule has 1 N–H and O–H groups in total. The molecular weight excluding hydrogens is 398 g/mol. The van der Waals surface area contributed by atoms with Crippen LogP contribution in [0.25, 0.3) is 0 Å². The van der Waals surface area contributed by atoms with Crippen LogP contribution in [0.5, 0.6) is 0 Å². The maximum atomic E-state index is 12.8. The van der Waals surface area contributed by atoms with Gasteiger partial charge in [0.05, 0.1) is 10.9 Å². The summed E-state index contributed by atoms with van der Waals surface area (Å²) in [5.74, 6) is 0.0537. The van der Waals surface area contributed by atoms with E-state index >= 15 is 0 Å². The topological polar surface area (TPSA) is 69.7 Å². The molecule has 8 heteroatoms. The van der Waals surface area contributed by atoms with Gasteiger partial charge in [0, 0.05) is 37.2 Å². The summed E-state index contributed by atoms with van der Waals surface area (Å²) >= 11 is 5.94. The molecule has 0 spiro atoms. The van der Waals surface area contributed by atoms with Crippen LogP contribution in [0, 0.1) is 0 Å². The van der Waals surface area contributed by atoms with E-state index in [1.165, 1.54) is 36.1 Å². The van der Waals surface area contributed by atoms with Crippen molar-refractivity contribution in [3.63, 3.8) is 0 Å². The Morgan fingerprint density at radius 2 is 1.75 bits per heavy atom. The molecule has 6 nitrogen and oxygen atoms in total. The van der Waals surface area contributed by atoms with Crippen LogP contribution in [-0.2, 0) is 14.8 Å². The van der Waals surface area contributed by atoms with Crippen molar-refractivity contribution in [2.24, 2.45) is 0 Å². The predicted octanol–water partition coefficient (Wildman–Crippen LogP) is 2.87. The number of piperazine rings is 1. The number of halogens is 1. The highest BCUT2D eigenvalue weighted by Crippen LogP contribution is 2.22. The molecule has 28 heavy (non-hydrogen) atoms. The zero-order valence-electron chi connectivity index (χ0n) is 16.4. The SMILES string of the molecule is C[C@@H](C(=O)NC1CCCCCC1)N1CCN(S(=O)(=O)c2cccc(Cl)c2)CC1. The summed E-state index contributed by atoms with van der Waals surface area (Å²) in [6.07, 6.45) is 6.99. The molecule has 1 saturated heterocycles. The number of hydrogen-bond acceptors (Lipinski definition) is 4. The van der Waals surface area contributed by atoms with Crippen LogP contribution in [0.4, 0.5) is 0 Å². The van der Waals surface area contributed by atoms with Gasteiger partial charge in [-0.2, -0.15) is 4.31 Å². The first kappa shape index (κ1) is 21.6. The Labute approximate surface area is 173 Å². The van der Waals surface area contributed by atoms with E-state index in [4.69, 9.17) is 11.6 Å². The molecule has 1 aromatic rings. The van der Waals surface area contributed by atoms with Crippen LogP contribution < -0.4 is 5.32 Å². The van der Waals surface area contributed by atoms with Crippen molar-refractivity contribution >= 4 is 27.5 Å². The number of hydrogen-bond donors (Lipinski definition) is 1. The fourth-order valence-corrected chi connectivity index (χ4v) is 5.74. The molecule has 156 valence electrons. The maximum absolute atomic E-state index is 12.8. The first-order valence-electron chi connectivity index (χ1n) is 10.2. The number of nitrogens with one attached hydrogen (secondary N) is 1. The molecule has 1 aliphatic heterocycles. The molecule has 0 unspecified atom stereocenters. The lowest BCUT2D eigenvalue weighted by atomic mass is 10.1. The third kappa shape index (κ3) is 5.26. The van der Waals surface area contributed by atoms with E-state index in [1.807, 2.05) is 6.92 Å². The molecule has 1 atom stereocenters. The summed E-state index contributed by atoms with van der Waals surface area (Å²) in [5, 5.41) is 3.61. The van der Waals surface area contributed by atoms with E-state index in [0.717, 1.165) is 12.8 Å². The van der Waals surface area contributed by atoms with Crippen molar-refractivity contribution in [3.05, 3.63) is 29.3 Å². The zero-order valence-corrected chi connectivity index (χ0v) is 18.0. The Bertz CT molecular complexity index is 771. The zero-order chi connectivity index (χ0) is 20.1. The quantitative estimate of drug-likeness (QED) is 0.733. The van der Waals surface area contributed by atoms with Crippen molar-refractivity contribution in [1.82, 2.24) is 14.5 Å². The van der Waals surface area contributed by atoms with Gasteiger partial charge in [-0.3, -0.25) is 9.69 Å². The third-order valence-electron chi connectivity index (χ3n) is 5.84. The first-order chi connectivity index (χ1) is 13.4. The molecular formula is C20H30ClN3O3S. The second kappa shape index (κ2) is 9.57. The van der Waals surface area contributed by atoms with Crippen LogP contribution in [-0.4, -0.2) is 61.8 Å². The standard InChI is InChI=1S/C20H30ClN3O3S/c1-16(20(25)22-18-8-4-2-3-5-9-18)23-11-13-24(14-12-23)28(26,27)19-10-6-7-17(21)15-19/h6-7,10,15-16,18H,2-5,8-9,11-14H2,1H3,(H,22,25)/t16-/m0/s1. The number of carbonyl (C=O) groups excluding carboxylic acids is 1. The van der Waals surface area contributed by atoms with E-state index in [9.17, 15) is 13.2 Å². The number of sulfonamides is 1. The predicted molar refractivity (Wildman–Crippen MR) is 111 cm³/mol. The lowest BCUT2D eigenvalue weighted by molar-refractivity contribution is -0.127. The van der Waals surface area contributed by atoms with E-state index in [1.54, 1.807) is 18.2 Å². The molecule has 1 amide bonds. The molecule has 1 aliphatic carbocycles. The van der Waals surface area contributed by atoms with E-state index in [0.29, 0.717) is 31.2 Å². The van der Waals surface area contributed by atoms with E-state index < -0.39 is 10.0 Å². The van der Waals surface area contributed by atoms with Gasteiger partial charge in [0.2, 0.25) is 15.9 Å². The Morgan fingerprint density at radius 1 is 1.11 bits per heavy atom. The van der Waals surface area contributed by atoms with Crippen LogP contribution >= 0.6 is 11.6 Å². The maximum Gasteiger partial charge on any atom is 0.243 e. The minimum Gasteiger partial charge on any atom is -0.352 e. The van der Waals surface area contributed by atoms with Crippen molar-refractivity contribution in [1.29, 1.82) is 0 Å². The fraction of sp³-hybridized carbons (Fsp3) is 0.650. The largest absolute Gasteiger partial charge is 0.352 e. The Hall–Kier alpha value is -1.15. The summed E-state index contributed by atoms with van der Waals surface area (Å²) in [7, 11) is -3.56. The van der Waals surface area contributed by atoms with E-state index in [-0.39, 0.29) is 22.9 Å². The van der Waals surface area contributed by atoms with Gasteiger partial charge in [-0.1, -0.05) is 43.4 Å². The molecule has 0 aromatic heterocycles. The van der Waals surface area contributed by atoms with Gasteiger partial charge in [-0.25, -0.2) is 8.42 Å². The van der Waals surface area contributed by atoms with Gasteiger partial charge in [0.1, 0.15) is 0 Å².